The Labute approximate surface area is 184 Å². The molecule has 0 spiro atoms. The average Bonchev–Trinajstić information content (AvgIpc) is 2.78. The molecule has 1 aromatic rings. The molecule has 1 atom stereocenters. The molecule has 1 N–H and O–H groups in total. The highest BCUT2D eigenvalue weighted by atomic mass is 32.2. The van der Waals surface area contributed by atoms with Gasteiger partial charge in [-0.3, -0.25) is 9.69 Å². The molecular weight excluding hydrogens is 422 g/mol. The number of ketones is 1. The first-order valence-corrected chi connectivity index (χ1v) is 12.2. The maximum absolute atomic E-state index is 12.8. The molecule has 2 aliphatic heterocycles. The van der Waals surface area contributed by atoms with E-state index in [9.17, 15) is 18.3 Å². The predicted molar refractivity (Wildman–Crippen MR) is 117 cm³/mol. The first kappa shape index (κ1) is 23.9. The van der Waals surface area contributed by atoms with Gasteiger partial charge < -0.3 is 14.6 Å². The summed E-state index contributed by atoms with van der Waals surface area (Å²) < 4.78 is 39.7. The smallest absolute Gasteiger partial charge is 0.282 e. The van der Waals surface area contributed by atoms with Gasteiger partial charge in [-0.05, 0) is 38.0 Å². The van der Waals surface area contributed by atoms with E-state index in [0.717, 1.165) is 19.3 Å². The summed E-state index contributed by atoms with van der Waals surface area (Å²) in [4.78, 5) is 13.5. The molecule has 9 nitrogen and oxygen atoms in total. The zero-order chi connectivity index (χ0) is 22.4. The van der Waals surface area contributed by atoms with Crippen LogP contribution in [-0.2, 0) is 10.2 Å². The summed E-state index contributed by atoms with van der Waals surface area (Å²) >= 11 is 0. The van der Waals surface area contributed by atoms with E-state index in [1.54, 1.807) is 26.8 Å². The Morgan fingerprint density at radius 1 is 1.03 bits per heavy atom. The summed E-state index contributed by atoms with van der Waals surface area (Å²) in [6.07, 6.45) is 2.20. The molecule has 10 heteroatoms. The third-order valence-corrected chi connectivity index (χ3v) is 7.80. The number of piperazine rings is 1. The van der Waals surface area contributed by atoms with E-state index in [1.807, 2.05) is 4.90 Å². The number of ether oxygens (including phenoxy) is 2. The largest absolute Gasteiger partial charge is 0.493 e. The van der Waals surface area contributed by atoms with E-state index in [4.69, 9.17) is 9.47 Å². The van der Waals surface area contributed by atoms with Gasteiger partial charge in [0.15, 0.2) is 17.3 Å². The van der Waals surface area contributed by atoms with Crippen molar-refractivity contribution in [2.24, 2.45) is 0 Å². The van der Waals surface area contributed by atoms with E-state index >= 15 is 0 Å². The number of carbonyl (C=O) groups excluding carboxylic acids is 1. The fraction of sp³-hybridized carbons (Fsp3) is 0.667. The van der Waals surface area contributed by atoms with Crippen molar-refractivity contribution in [3.63, 3.8) is 0 Å². The van der Waals surface area contributed by atoms with Crippen LogP contribution in [0.5, 0.6) is 11.5 Å². The van der Waals surface area contributed by atoms with Crippen LogP contribution >= 0.6 is 0 Å². The molecule has 0 bridgehead atoms. The third-order valence-electron chi connectivity index (χ3n) is 5.77. The highest BCUT2D eigenvalue weighted by Gasteiger charge is 2.33. The fourth-order valence-corrected chi connectivity index (χ4v) is 5.62. The Kier molecular flexibility index (Phi) is 8.29. The molecule has 31 heavy (non-hydrogen) atoms. The summed E-state index contributed by atoms with van der Waals surface area (Å²) in [7, 11) is -1.89. The van der Waals surface area contributed by atoms with Crippen molar-refractivity contribution in [1.82, 2.24) is 13.5 Å². The van der Waals surface area contributed by atoms with Gasteiger partial charge in [-0.25, -0.2) is 0 Å². The van der Waals surface area contributed by atoms with Crippen LogP contribution in [0.15, 0.2) is 18.2 Å². The van der Waals surface area contributed by atoms with E-state index < -0.39 is 16.3 Å². The number of aliphatic hydroxyl groups is 1. The first-order chi connectivity index (χ1) is 14.8. The highest BCUT2D eigenvalue weighted by Crippen LogP contribution is 2.28. The number of nitrogens with zero attached hydrogens (tertiary/aromatic N) is 3. The average molecular weight is 456 g/mol. The number of benzene rings is 1. The van der Waals surface area contributed by atoms with Gasteiger partial charge in [0, 0.05) is 51.4 Å². The molecule has 2 fully saturated rings. The van der Waals surface area contributed by atoms with Crippen LogP contribution in [0.25, 0.3) is 0 Å². The van der Waals surface area contributed by atoms with Gasteiger partial charge in [0.25, 0.3) is 10.2 Å². The van der Waals surface area contributed by atoms with Crippen LogP contribution in [0.1, 0.15) is 36.5 Å². The molecular formula is C21H33N3O6S. The van der Waals surface area contributed by atoms with E-state index in [0.29, 0.717) is 62.9 Å². The molecule has 0 amide bonds. The number of methoxy groups -OCH3 is 1. The van der Waals surface area contributed by atoms with Crippen molar-refractivity contribution in [1.29, 1.82) is 0 Å². The van der Waals surface area contributed by atoms with Crippen LogP contribution < -0.4 is 9.47 Å². The lowest BCUT2D eigenvalue weighted by atomic mass is 10.1. The minimum absolute atomic E-state index is 0.0636. The summed E-state index contributed by atoms with van der Waals surface area (Å²) in [5.41, 5.74) is 0.530. The van der Waals surface area contributed by atoms with E-state index in [2.05, 4.69) is 0 Å². The molecule has 2 heterocycles. The molecule has 0 radical (unpaired) electrons. The van der Waals surface area contributed by atoms with Gasteiger partial charge in [-0.15, -0.1) is 0 Å². The normalized spacial score (nSPS) is 20.4. The molecule has 2 aliphatic rings. The number of carbonyl (C=O) groups is 1. The lowest BCUT2D eigenvalue weighted by Gasteiger charge is -2.38. The number of hydrogen-bond donors (Lipinski definition) is 1. The lowest BCUT2D eigenvalue weighted by Crippen LogP contribution is -2.54. The Hall–Kier alpha value is -1.72. The SMILES string of the molecule is COc1cc(C(C)=O)ccc1OC[C@H](O)CN1CCN(S(=O)(=O)N2CCCCC2)CC1. The molecule has 174 valence electrons. The highest BCUT2D eigenvalue weighted by molar-refractivity contribution is 7.86. The van der Waals surface area contributed by atoms with Gasteiger partial charge in [-0.1, -0.05) is 6.42 Å². The van der Waals surface area contributed by atoms with Crippen molar-refractivity contribution in [3.8, 4) is 11.5 Å². The summed E-state index contributed by atoms with van der Waals surface area (Å²) in [6, 6.07) is 4.94. The fourth-order valence-electron chi connectivity index (χ4n) is 3.94. The van der Waals surface area contributed by atoms with Crippen LogP contribution in [-0.4, -0.2) is 98.5 Å². The van der Waals surface area contributed by atoms with Crippen molar-refractivity contribution < 1.29 is 27.8 Å². The molecule has 2 saturated heterocycles. The number of piperidine rings is 1. The van der Waals surface area contributed by atoms with Gasteiger partial charge in [0.05, 0.1) is 7.11 Å². The van der Waals surface area contributed by atoms with E-state index in [-0.39, 0.29) is 12.4 Å². The van der Waals surface area contributed by atoms with Crippen molar-refractivity contribution in [3.05, 3.63) is 23.8 Å². The van der Waals surface area contributed by atoms with Gasteiger partial charge in [-0.2, -0.15) is 17.0 Å². The Morgan fingerprint density at radius 3 is 2.29 bits per heavy atom. The topological polar surface area (TPSA) is 99.6 Å². The second-order valence-corrected chi connectivity index (χ2v) is 9.98. The standard InChI is InChI=1S/C21H33N3O6S/c1-17(25)18-6-7-20(21(14-18)29-2)30-16-19(26)15-22-10-12-24(13-11-22)31(27,28)23-8-4-3-5-9-23/h6-7,14,19,26H,3-5,8-13,15-16H2,1-2H3/t19-/m1/s1. The Bertz CT molecular complexity index is 849. The molecule has 0 saturated carbocycles. The lowest BCUT2D eigenvalue weighted by molar-refractivity contribution is 0.0553. The summed E-state index contributed by atoms with van der Waals surface area (Å²) in [5.74, 6) is 0.840. The van der Waals surface area contributed by atoms with Gasteiger partial charge >= 0.3 is 0 Å². The zero-order valence-corrected chi connectivity index (χ0v) is 19.1. The number of Topliss-reactive ketones (excluding diaryl/α,β-unsaturated/α-hetero) is 1. The van der Waals surface area contributed by atoms with Crippen LogP contribution in [0.2, 0.25) is 0 Å². The molecule has 0 unspecified atom stereocenters. The second-order valence-electron chi connectivity index (χ2n) is 8.05. The molecule has 1 aromatic carbocycles. The predicted octanol–water partition coefficient (Wildman–Crippen LogP) is 0.986. The zero-order valence-electron chi connectivity index (χ0n) is 18.3. The molecule has 3 rings (SSSR count). The second kappa shape index (κ2) is 10.7. The number of rotatable bonds is 9. The molecule has 0 aliphatic carbocycles. The minimum atomic E-state index is -3.39. The monoisotopic (exact) mass is 455 g/mol. The van der Waals surface area contributed by atoms with Crippen molar-refractivity contribution in [2.45, 2.75) is 32.3 Å². The van der Waals surface area contributed by atoms with Gasteiger partial charge in [0.2, 0.25) is 0 Å². The van der Waals surface area contributed by atoms with Crippen LogP contribution in [0, 0.1) is 0 Å². The van der Waals surface area contributed by atoms with Crippen LogP contribution in [0.3, 0.4) is 0 Å². The number of β-amino-alcohol motifs (C(OH)–C–C–N with tert-alkyl or cyclic N) is 1. The first-order valence-electron chi connectivity index (χ1n) is 10.8. The summed E-state index contributed by atoms with van der Waals surface area (Å²) in [5, 5.41) is 10.4. The number of aliphatic hydroxyl groups excluding tert-OH is 1. The molecule has 0 aromatic heterocycles. The maximum atomic E-state index is 12.8. The Morgan fingerprint density at radius 2 is 1.68 bits per heavy atom. The summed E-state index contributed by atoms with van der Waals surface area (Å²) in [6.45, 7) is 5.15. The third kappa shape index (κ3) is 6.17. The quantitative estimate of drug-likeness (QED) is 0.554. The van der Waals surface area contributed by atoms with Gasteiger partial charge in [0.1, 0.15) is 12.7 Å². The Balaban J connectivity index is 1.46. The van der Waals surface area contributed by atoms with E-state index in [1.165, 1.54) is 14.0 Å². The van der Waals surface area contributed by atoms with Crippen molar-refractivity contribution in [2.75, 3.05) is 59.5 Å². The maximum Gasteiger partial charge on any atom is 0.282 e. The van der Waals surface area contributed by atoms with Crippen molar-refractivity contribution >= 4 is 16.0 Å². The minimum Gasteiger partial charge on any atom is -0.493 e. The van der Waals surface area contributed by atoms with Crippen LogP contribution in [0.4, 0.5) is 0 Å². The number of hydrogen-bond acceptors (Lipinski definition) is 7.